The number of aromatic nitrogens is 1. The predicted molar refractivity (Wildman–Crippen MR) is 112 cm³/mol. The third kappa shape index (κ3) is 7.35. The molecule has 1 amide bonds. The Balaban J connectivity index is 1.36. The molecule has 3 rings (SSSR count). The highest BCUT2D eigenvalue weighted by Gasteiger charge is 2.09. The number of benzene rings is 1. The quantitative estimate of drug-likeness (QED) is 0.748. The molecule has 144 valence electrons. The van der Waals surface area contributed by atoms with Gasteiger partial charge in [-0.15, -0.1) is 11.8 Å². The number of amides is 1. The van der Waals surface area contributed by atoms with E-state index in [4.69, 9.17) is 0 Å². The molecule has 1 aromatic carbocycles. The maximum absolute atomic E-state index is 12.0. The molecule has 2 heterocycles. The highest BCUT2D eigenvalue weighted by molar-refractivity contribution is 7.99. The first-order valence-electron chi connectivity index (χ1n) is 9.83. The van der Waals surface area contributed by atoms with Crippen molar-refractivity contribution in [3.63, 3.8) is 0 Å². The van der Waals surface area contributed by atoms with E-state index >= 15 is 0 Å². The zero-order chi connectivity index (χ0) is 18.7. The van der Waals surface area contributed by atoms with E-state index in [1.165, 1.54) is 44.3 Å². The van der Waals surface area contributed by atoms with E-state index in [0.717, 1.165) is 23.4 Å². The highest BCUT2D eigenvalue weighted by Crippen LogP contribution is 2.14. The summed E-state index contributed by atoms with van der Waals surface area (Å²) < 4.78 is 0. The summed E-state index contributed by atoms with van der Waals surface area (Å²) >= 11 is 1.62. The van der Waals surface area contributed by atoms with Crippen LogP contribution in [0.2, 0.25) is 0 Å². The van der Waals surface area contributed by atoms with Gasteiger partial charge in [0.1, 0.15) is 0 Å². The van der Waals surface area contributed by atoms with Gasteiger partial charge in [0, 0.05) is 31.2 Å². The van der Waals surface area contributed by atoms with E-state index < -0.39 is 0 Å². The molecule has 1 aliphatic rings. The maximum atomic E-state index is 12.0. The van der Waals surface area contributed by atoms with E-state index in [9.17, 15) is 4.79 Å². The van der Waals surface area contributed by atoms with Gasteiger partial charge in [0.15, 0.2) is 0 Å². The number of nitrogens with one attached hydrogen (secondary N) is 1. The van der Waals surface area contributed by atoms with Crippen LogP contribution in [-0.2, 0) is 23.6 Å². The first-order chi connectivity index (χ1) is 13.3. The molecule has 2 aromatic rings. The monoisotopic (exact) mass is 383 g/mol. The van der Waals surface area contributed by atoms with Crippen molar-refractivity contribution < 1.29 is 4.79 Å². The molecule has 27 heavy (non-hydrogen) atoms. The molecule has 0 atom stereocenters. The molecule has 4 nitrogen and oxygen atoms in total. The first kappa shape index (κ1) is 19.9. The normalized spacial score (nSPS) is 15.3. The number of carbonyl (C=O) groups is 1. The lowest BCUT2D eigenvalue weighted by atomic mass is 10.1. The maximum Gasteiger partial charge on any atom is 0.230 e. The number of hydrogen-bond donors (Lipinski definition) is 1. The van der Waals surface area contributed by atoms with Crippen molar-refractivity contribution in [1.82, 2.24) is 15.2 Å². The van der Waals surface area contributed by atoms with Crippen molar-refractivity contribution in [2.45, 2.75) is 44.5 Å². The summed E-state index contributed by atoms with van der Waals surface area (Å²) in [7, 11) is 0. The Morgan fingerprint density at radius 3 is 2.44 bits per heavy atom. The second kappa shape index (κ2) is 11.1. The van der Waals surface area contributed by atoms with Gasteiger partial charge >= 0.3 is 0 Å². The Bertz CT molecular complexity index is 682. The number of carbonyl (C=O) groups excluding carboxylic acids is 1. The standard InChI is InChI=1S/C22H29N3OS/c26-22(18-27-17-21-6-5-11-23-14-21)24-15-19-7-9-20(10-8-19)16-25-12-3-1-2-4-13-25/h5-11,14H,1-4,12-13,15-18H2,(H,24,26). The van der Waals surface area contributed by atoms with Gasteiger partial charge in [-0.25, -0.2) is 0 Å². The van der Waals surface area contributed by atoms with Gasteiger partial charge in [-0.3, -0.25) is 14.7 Å². The molecule has 0 bridgehead atoms. The minimum absolute atomic E-state index is 0.0810. The molecular formula is C22H29N3OS. The average Bonchev–Trinajstić information content (AvgIpc) is 2.97. The van der Waals surface area contributed by atoms with Crippen LogP contribution in [0, 0.1) is 0 Å². The van der Waals surface area contributed by atoms with Crippen molar-refractivity contribution in [1.29, 1.82) is 0 Å². The molecule has 1 N–H and O–H groups in total. The number of pyridine rings is 1. The molecule has 0 unspecified atom stereocenters. The zero-order valence-electron chi connectivity index (χ0n) is 15.9. The van der Waals surface area contributed by atoms with Crippen LogP contribution in [0.3, 0.4) is 0 Å². The Kier molecular flexibility index (Phi) is 8.18. The SMILES string of the molecule is O=C(CSCc1cccnc1)NCc1ccc(CN2CCCCCC2)cc1. The van der Waals surface area contributed by atoms with Crippen LogP contribution in [0.25, 0.3) is 0 Å². The summed E-state index contributed by atoms with van der Waals surface area (Å²) in [5, 5.41) is 3.01. The number of hydrogen-bond acceptors (Lipinski definition) is 4. The molecule has 0 saturated carbocycles. The minimum atomic E-state index is 0.0810. The van der Waals surface area contributed by atoms with Gasteiger partial charge < -0.3 is 5.32 Å². The molecule has 1 saturated heterocycles. The lowest BCUT2D eigenvalue weighted by molar-refractivity contribution is -0.118. The van der Waals surface area contributed by atoms with Crippen molar-refractivity contribution in [2.75, 3.05) is 18.8 Å². The molecule has 1 aliphatic heterocycles. The summed E-state index contributed by atoms with van der Waals surface area (Å²) in [6, 6.07) is 12.6. The Labute approximate surface area is 166 Å². The number of rotatable bonds is 8. The Morgan fingerprint density at radius 2 is 1.74 bits per heavy atom. The summed E-state index contributed by atoms with van der Waals surface area (Å²) in [6.07, 6.45) is 9.00. The molecule has 0 radical (unpaired) electrons. The van der Waals surface area contributed by atoms with Crippen molar-refractivity contribution >= 4 is 17.7 Å². The molecular weight excluding hydrogens is 354 g/mol. The van der Waals surface area contributed by atoms with Gasteiger partial charge in [0.25, 0.3) is 0 Å². The van der Waals surface area contributed by atoms with Gasteiger partial charge in [-0.2, -0.15) is 0 Å². The van der Waals surface area contributed by atoms with E-state index in [2.05, 4.69) is 39.5 Å². The lowest BCUT2D eigenvalue weighted by Crippen LogP contribution is -2.25. The highest BCUT2D eigenvalue weighted by atomic mass is 32.2. The largest absolute Gasteiger partial charge is 0.351 e. The van der Waals surface area contributed by atoms with Gasteiger partial charge in [0.05, 0.1) is 5.75 Å². The van der Waals surface area contributed by atoms with Crippen LogP contribution in [-0.4, -0.2) is 34.6 Å². The first-order valence-corrected chi connectivity index (χ1v) is 11.0. The van der Waals surface area contributed by atoms with Crippen LogP contribution in [0.15, 0.2) is 48.8 Å². The lowest BCUT2D eigenvalue weighted by Gasteiger charge is -2.19. The fraction of sp³-hybridized carbons (Fsp3) is 0.455. The number of nitrogens with zero attached hydrogens (tertiary/aromatic N) is 2. The third-order valence-corrected chi connectivity index (χ3v) is 5.85. The fourth-order valence-corrected chi connectivity index (χ4v) is 4.11. The molecule has 1 aromatic heterocycles. The van der Waals surface area contributed by atoms with Gasteiger partial charge in [0.2, 0.25) is 5.91 Å². The van der Waals surface area contributed by atoms with Gasteiger partial charge in [-0.1, -0.05) is 43.2 Å². The zero-order valence-corrected chi connectivity index (χ0v) is 16.7. The van der Waals surface area contributed by atoms with Gasteiger partial charge in [-0.05, 0) is 48.7 Å². The van der Waals surface area contributed by atoms with Crippen LogP contribution in [0.5, 0.6) is 0 Å². The third-order valence-electron chi connectivity index (χ3n) is 4.84. The van der Waals surface area contributed by atoms with E-state index in [0.29, 0.717) is 12.3 Å². The topological polar surface area (TPSA) is 45.2 Å². The molecule has 1 fully saturated rings. The smallest absolute Gasteiger partial charge is 0.230 e. The second-order valence-corrected chi connectivity index (χ2v) is 8.12. The van der Waals surface area contributed by atoms with E-state index in [-0.39, 0.29) is 5.91 Å². The minimum Gasteiger partial charge on any atom is -0.351 e. The summed E-state index contributed by atoms with van der Waals surface area (Å²) in [5.41, 5.74) is 3.66. The fourth-order valence-electron chi connectivity index (χ4n) is 3.31. The van der Waals surface area contributed by atoms with Crippen molar-refractivity contribution in [3.8, 4) is 0 Å². The number of thioether (sulfide) groups is 1. The van der Waals surface area contributed by atoms with Crippen LogP contribution in [0.4, 0.5) is 0 Å². The number of likely N-dealkylation sites (tertiary alicyclic amines) is 1. The van der Waals surface area contributed by atoms with Crippen molar-refractivity contribution in [3.05, 3.63) is 65.5 Å². The van der Waals surface area contributed by atoms with Crippen LogP contribution in [0.1, 0.15) is 42.4 Å². The summed E-state index contributed by atoms with van der Waals surface area (Å²) in [4.78, 5) is 18.7. The summed E-state index contributed by atoms with van der Waals surface area (Å²) in [6.45, 7) is 4.07. The second-order valence-electron chi connectivity index (χ2n) is 7.14. The predicted octanol–water partition coefficient (Wildman–Crippen LogP) is 4.01. The molecule has 0 spiro atoms. The summed E-state index contributed by atoms with van der Waals surface area (Å²) in [5.74, 6) is 1.37. The molecule has 0 aliphatic carbocycles. The Hall–Kier alpha value is -1.85. The van der Waals surface area contributed by atoms with E-state index in [1.54, 1.807) is 18.0 Å². The van der Waals surface area contributed by atoms with E-state index in [1.807, 2.05) is 18.3 Å². The van der Waals surface area contributed by atoms with Crippen LogP contribution < -0.4 is 5.32 Å². The Morgan fingerprint density at radius 1 is 1.00 bits per heavy atom. The molecule has 5 heteroatoms. The van der Waals surface area contributed by atoms with Crippen LogP contribution >= 0.6 is 11.8 Å². The van der Waals surface area contributed by atoms with Crippen molar-refractivity contribution in [2.24, 2.45) is 0 Å². The average molecular weight is 384 g/mol.